The van der Waals surface area contributed by atoms with Gasteiger partial charge >= 0.3 is 0 Å². The Morgan fingerprint density at radius 3 is 2.44 bits per heavy atom. The lowest BCUT2D eigenvalue weighted by Gasteiger charge is -2.25. The van der Waals surface area contributed by atoms with Crippen molar-refractivity contribution in [3.8, 4) is 0 Å². The smallest absolute Gasteiger partial charge is 0.0477 e. The normalized spacial score (nSPS) is 24.8. The minimum atomic E-state index is 0.635. The van der Waals surface area contributed by atoms with E-state index in [-0.39, 0.29) is 0 Å². The highest BCUT2D eigenvalue weighted by Gasteiger charge is 2.53. The van der Waals surface area contributed by atoms with Crippen molar-refractivity contribution in [1.82, 2.24) is 5.32 Å². The molecular weight excluding hydrogens is 198 g/mol. The monoisotopic (exact) mass is 225 g/mol. The van der Waals surface area contributed by atoms with E-state index in [1.54, 1.807) is 7.11 Å². The molecule has 94 valence electrons. The summed E-state index contributed by atoms with van der Waals surface area (Å²) in [4.78, 5) is 0. The summed E-state index contributed by atoms with van der Waals surface area (Å²) in [6, 6.07) is 0.635. The molecule has 2 aliphatic rings. The molecule has 2 fully saturated rings. The van der Waals surface area contributed by atoms with Gasteiger partial charge in [0, 0.05) is 26.3 Å². The van der Waals surface area contributed by atoms with Crippen LogP contribution in [0.25, 0.3) is 0 Å². The SMILES string of the molecule is COCCC(NCC1(C2CC2)CC1)C(C)C. The van der Waals surface area contributed by atoms with Gasteiger partial charge in [-0.25, -0.2) is 0 Å². The Morgan fingerprint density at radius 2 is 2.00 bits per heavy atom. The first-order chi connectivity index (χ1) is 7.68. The molecule has 0 aromatic heterocycles. The Hall–Kier alpha value is -0.0800. The van der Waals surface area contributed by atoms with Crippen LogP contribution in [0.4, 0.5) is 0 Å². The van der Waals surface area contributed by atoms with Crippen molar-refractivity contribution in [3.05, 3.63) is 0 Å². The van der Waals surface area contributed by atoms with Crippen LogP contribution in [0.5, 0.6) is 0 Å². The third-order valence-electron chi connectivity index (χ3n) is 4.49. The molecule has 2 aliphatic carbocycles. The summed E-state index contributed by atoms with van der Waals surface area (Å²) in [6.45, 7) is 6.75. The summed E-state index contributed by atoms with van der Waals surface area (Å²) in [6.07, 6.45) is 7.08. The Kier molecular flexibility index (Phi) is 3.91. The summed E-state index contributed by atoms with van der Waals surface area (Å²) in [5.74, 6) is 1.78. The average molecular weight is 225 g/mol. The van der Waals surface area contributed by atoms with Crippen LogP contribution >= 0.6 is 0 Å². The van der Waals surface area contributed by atoms with E-state index < -0.39 is 0 Å². The number of methoxy groups -OCH3 is 1. The van der Waals surface area contributed by atoms with Crippen molar-refractivity contribution in [2.75, 3.05) is 20.3 Å². The van der Waals surface area contributed by atoms with E-state index in [1.165, 1.54) is 32.2 Å². The maximum atomic E-state index is 5.19. The molecular formula is C14H27NO. The molecule has 0 bridgehead atoms. The van der Waals surface area contributed by atoms with E-state index in [0.717, 1.165) is 24.4 Å². The third-order valence-corrected chi connectivity index (χ3v) is 4.49. The molecule has 0 radical (unpaired) electrons. The first kappa shape index (κ1) is 12.4. The molecule has 2 heteroatoms. The van der Waals surface area contributed by atoms with E-state index in [9.17, 15) is 0 Å². The summed E-state index contributed by atoms with van der Waals surface area (Å²) < 4.78 is 5.19. The van der Waals surface area contributed by atoms with Gasteiger partial charge in [0.1, 0.15) is 0 Å². The van der Waals surface area contributed by atoms with E-state index in [4.69, 9.17) is 4.74 Å². The van der Waals surface area contributed by atoms with Crippen molar-refractivity contribution < 1.29 is 4.74 Å². The molecule has 0 spiro atoms. The van der Waals surface area contributed by atoms with E-state index in [1.807, 2.05) is 0 Å². The highest BCUT2D eigenvalue weighted by atomic mass is 16.5. The van der Waals surface area contributed by atoms with Crippen LogP contribution in [-0.2, 0) is 4.74 Å². The molecule has 1 unspecified atom stereocenters. The second kappa shape index (κ2) is 5.05. The van der Waals surface area contributed by atoms with Crippen LogP contribution in [0.3, 0.4) is 0 Å². The zero-order valence-electron chi connectivity index (χ0n) is 11.1. The van der Waals surface area contributed by atoms with Gasteiger partial charge in [0.15, 0.2) is 0 Å². The van der Waals surface area contributed by atoms with Gasteiger partial charge in [-0.15, -0.1) is 0 Å². The first-order valence-electron chi connectivity index (χ1n) is 6.90. The molecule has 0 heterocycles. The number of nitrogens with one attached hydrogen (secondary N) is 1. The standard InChI is InChI=1S/C14H27NO/c1-11(2)13(6-9-16-3)15-10-14(7-8-14)12-4-5-12/h11-13,15H,4-10H2,1-3H3. The van der Waals surface area contributed by atoms with Gasteiger partial charge in [-0.1, -0.05) is 13.8 Å². The van der Waals surface area contributed by atoms with Crippen LogP contribution in [0.1, 0.15) is 46.0 Å². The molecule has 0 aromatic rings. The molecule has 1 N–H and O–H groups in total. The van der Waals surface area contributed by atoms with Gasteiger partial charge in [0.25, 0.3) is 0 Å². The van der Waals surface area contributed by atoms with Crippen molar-refractivity contribution in [2.45, 2.75) is 52.0 Å². The van der Waals surface area contributed by atoms with Gasteiger partial charge in [-0.05, 0) is 49.4 Å². The topological polar surface area (TPSA) is 21.3 Å². The Labute approximate surface area is 100 Å². The van der Waals surface area contributed by atoms with Crippen molar-refractivity contribution >= 4 is 0 Å². The highest BCUT2D eigenvalue weighted by Crippen LogP contribution is 2.60. The fourth-order valence-electron chi connectivity index (χ4n) is 2.84. The number of hydrogen-bond donors (Lipinski definition) is 1. The van der Waals surface area contributed by atoms with Crippen LogP contribution in [0.2, 0.25) is 0 Å². The first-order valence-corrected chi connectivity index (χ1v) is 6.90. The number of ether oxygens (including phenoxy) is 1. The second-order valence-corrected chi connectivity index (χ2v) is 6.15. The summed E-state index contributed by atoms with van der Waals surface area (Å²) in [7, 11) is 1.80. The maximum absolute atomic E-state index is 5.19. The van der Waals surface area contributed by atoms with E-state index in [0.29, 0.717) is 12.0 Å². The number of hydrogen-bond acceptors (Lipinski definition) is 2. The van der Waals surface area contributed by atoms with Crippen LogP contribution < -0.4 is 5.32 Å². The minimum Gasteiger partial charge on any atom is -0.385 e. The lowest BCUT2D eigenvalue weighted by atomic mass is 9.97. The van der Waals surface area contributed by atoms with Gasteiger partial charge < -0.3 is 10.1 Å². The van der Waals surface area contributed by atoms with Crippen LogP contribution in [0, 0.1) is 17.3 Å². The summed E-state index contributed by atoms with van der Waals surface area (Å²) >= 11 is 0. The molecule has 0 saturated heterocycles. The molecule has 0 amide bonds. The predicted octanol–water partition coefficient (Wildman–Crippen LogP) is 2.83. The highest BCUT2D eigenvalue weighted by molar-refractivity contribution is 5.05. The summed E-state index contributed by atoms with van der Waals surface area (Å²) in [5.41, 5.74) is 0.722. The van der Waals surface area contributed by atoms with Crippen LogP contribution in [0.15, 0.2) is 0 Å². The molecule has 16 heavy (non-hydrogen) atoms. The number of rotatable bonds is 8. The van der Waals surface area contributed by atoms with Gasteiger partial charge in [0.2, 0.25) is 0 Å². The van der Waals surface area contributed by atoms with Gasteiger partial charge in [0.05, 0.1) is 0 Å². The van der Waals surface area contributed by atoms with Crippen molar-refractivity contribution in [3.63, 3.8) is 0 Å². The molecule has 2 saturated carbocycles. The van der Waals surface area contributed by atoms with E-state index >= 15 is 0 Å². The van der Waals surface area contributed by atoms with Crippen molar-refractivity contribution in [1.29, 1.82) is 0 Å². The fourth-order valence-corrected chi connectivity index (χ4v) is 2.84. The lowest BCUT2D eigenvalue weighted by Crippen LogP contribution is -2.39. The Balaban J connectivity index is 1.72. The fraction of sp³-hybridized carbons (Fsp3) is 1.00. The predicted molar refractivity (Wildman–Crippen MR) is 67.5 cm³/mol. The quantitative estimate of drug-likeness (QED) is 0.686. The maximum Gasteiger partial charge on any atom is 0.0477 e. The third kappa shape index (κ3) is 2.98. The zero-order valence-corrected chi connectivity index (χ0v) is 11.1. The average Bonchev–Trinajstić information content (AvgIpc) is 3.10. The minimum absolute atomic E-state index is 0.635. The second-order valence-electron chi connectivity index (χ2n) is 6.15. The van der Waals surface area contributed by atoms with Crippen LogP contribution in [-0.4, -0.2) is 26.3 Å². The van der Waals surface area contributed by atoms with E-state index in [2.05, 4.69) is 19.2 Å². The lowest BCUT2D eigenvalue weighted by molar-refractivity contribution is 0.170. The molecule has 0 aromatic carbocycles. The summed E-state index contributed by atoms with van der Waals surface area (Å²) in [5, 5.41) is 3.80. The Bertz CT molecular complexity index is 219. The van der Waals surface area contributed by atoms with Crippen molar-refractivity contribution in [2.24, 2.45) is 17.3 Å². The molecule has 2 rings (SSSR count). The van der Waals surface area contributed by atoms with Gasteiger partial charge in [-0.3, -0.25) is 0 Å². The van der Waals surface area contributed by atoms with Gasteiger partial charge in [-0.2, -0.15) is 0 Å². The molecule has 2 nitrogen and oxygen atoms in total. The largest absolute Gasteiger partial charge is 0.385 e. The zero-order chi connectivity index (χ0) is 11.6. The molecule has 1 atom stereocenters. The molecule has 0 aliphatic heterocycles. The Morgan fingerprint density at radius 1 is 1.31 bits per heavy atom.